The maximum absolute atomic E-state index is 11.7. The van der Waals surface area contributed by atoms with Crippen LogP contribution in [0.15, 0.2) is 12.4 Å². The first kappa shape index (κ1) is 12.7. The zero-order valence-corrected chi connectivity index (χ0v) is 9.95. The number of hydrogen-bond acceptors (Lipinski definition) is 4. The summed E-state index contributed by atoms with van der Waals surface area (Å²) in [4.78, 5) is 0. The Kier molecular flexibility index (Phi) is 4.04. The van der Waals surface area contributed by atoms with Crippen molar-refractivity contribution in [2.24, 2.45) is 0 Å². The maximum atomic E-state index is 11.7. The highest BCUT2D eigenvalue weighted by atomic mass is 32.2. The molecule has 7 heteroatoms. The lowest BCUT2D eigenvalue weighted by molar-refractivity contribution is 0.558. The third kappa shape index (κ3) is 2.81. The van der Waals surface area contributed by atoms with Gasteiger partial charge in [0.15, 0.2) is 5.25 Å². The highest BCUT2D eigenvalue weighted by molar-refractivity contribution is 7.90. The Morgan fingerprint density at radius 1 is 1.69 bits per heavy atom. The van der Waals surface area contributed by atoms with Crippen molar-refractivity contribution in [2.75, 3.05) is 0 Å². The molecule has 0 aliphatic heterocycles. The van der Waals surface area contributed by atoms with E-state index in [1.54, 1.807) is 32.3 Å². The van der Waals surface area contributed by atoms with Crippen molar-refractivity contribution < 1.29 is 8.42 Å². The van der Waals surface area contributed by atoms with Gasteiger partial charge in [-0.15, -0.1) is 0 Å². The van der Waals surface area contributed by atoms with Gasteiger partial charge in [0.1, 0.15) is 0 Å². The van der Waals surface area contributed by atoms with Crippen LogP contribution in [0, 0.1) is 11.3 Å². The van der Waals surface area contributed by atoms with E-state index in [-0.39, 0.29) is 6.42 Å². The van der Waals surface area contributed by atoms with E-state index in [9.17, 15) is 8.42 Å². The van der Waals surface area contributed by atoms with E-state index in [1.807, 2.05) is 0 Å². The van der Waals surface area contributed by atoms with Crippen LogP contribution in [-0.4, -0.2) is 23.9 Å². The minimum atomic E-state index is -3.60. The van der Waals surface area contributed by atoms with Gasteiger partial charge >= 0.3 is 0 Å². The molecule has 2 unspecified atom stereocenters. The predicted octanol–water partition coefficient (Wildman–Crippen LogP) is 0.692. The monoisotopic (exact) mass is 242 g/mol. The number of rotatable bonds is 5. The molecule has 0 saturated carbocycles. The Balaban J connectivity index is 2.78. The van der Waals surface area contributed by atoms with Crippen molar-refractivity contribution in [3.63, 3.8) is 0 Å². The maximum Gasteiger partial charge on any atom is 0.228 e. The van der Waals surface area contributed by atoms with Crippen LogP contribution >= 0.6 is 0 Å². The summed E-state index contributed by atoms with van der Waals surface area (Å²) in [6.45, 7) is 3.36. The molecule has 0 radical (unpaired) electrons. The molecular formula is C9H14N4O2S. The first-order chi connectivity index (χ1) is 7.51. The lowest BCUT2D eigenvalue weighted by Crippen LogP contribution is -2.34. The van der Waals surface area contributed by atoms with E-state index < -0.39 is 21.3 Å². The number of H-pyrrole nitrogens is 1. The largest absolute Gasteiger partial charge is 0.285 e. The summed E-state index contributed by atoms with van der Waals surface area (Å²) in [7, 11) is -3.60. The van der Waals surface area contributed by atoms with Crippen molar-refractivity contribution in [3.8, 4) is 6.07 Å². The molecule has 0 saturated heterocycles. The number of nitrogens with zero attached hydrogens (tertiary/aromatic N) is 2. The van der Waals surface area contributed by atoms with E-state index in [0.717, 1.165) is 5.56 Å². The van der Waals surface area contributed by atoms with E-state index in [0.29, 0.717) is 0 Å². The predicted molar refractivity (Wildman–Crippen MR) is 58.8 cm³/mol. The molecule has 0 fully saturated rings. The first-order valence-corrected chi connectivity index (χ1v) is 6.45. The molecule has 0 amide bonds. The van der Waals surface area contributed by atoms with Crippen LogP contribution in [0.3, 0.4) is 0 Å². The molecule has 0 bridgehead atoms. The van der Waals surface area contributed by atoms with Crippen molar-refractivity contribution in [2.45, 2.75) is 31.6 Å². The van der Waals surface area contributed by atoms with Crippen molar-refractivity contribution >= 4 is 10.0 Å². The fraction of sp³-hybridized carbons (Fsp3) is 0.556. The van der Waals surface area contributed by atoms with E-state index in [4.69, 9.17) is 5.26 Å². The summed E-state index contributed by atoms with van der Waals surface area (Å²) >= 11 is 0. The normalized spacial score (nSPS) is 15.3. The van der Waals surface area contributed by atoms with Gasteiger partial charge in [-0.25, -0.2) is 13.1 Å². The summed E-state index contributed by atoms with van der Waals surface area (Å²) in [5.74, 6) is 0. The second-order valence-electron chi connectivity index (χ2n) is 3.44. The molecule has 2 atom stereocenters. The van der Waals surface area contributed by atoms with Crippen molar-refractivity contribution in [1.29, 1.82) is 5.26 Å². The van der Waals surface area contributed by atoms with E-state index in [2.05, 4.69) is 14.9 Å². The summed E-state index contributed by atoms with van der Waals surface area (Å²) < 4.78 is 25.9. The lowest BCUT2D eigenvalue weighted by Gasteiger charge is -2.14. The molecule has 0 spiro atoms. The second-order valence-corrected chi connectivity index (χ2v) is 5.34. The van der Waals surface area contributed by atoms with Gasteiger partial charge < -0.3 is 0 Å². The van der Waals surface area contributed by atoms with Crippen LogP contribution in [0.4, 0.5) is 0 Å². The van der Waals surface area contributed by atoms with Crippen LogP contribution < -0.4 is 4.72 Å². The number of nitrogens with one attached hydrogen (secondary N) is 2. The summed E-state index contributed by atoms with van der Waals surface area (Å²) in [5, 5.41) is 14.0. The molecule has 6 nitrogen and oxygen atoms in total. The molecule has 0 aliphatic rings. The number of aromatic amines is 1. The van der Waals surface area contributed by atoms with Gasteiger partial charge in [0, 0.05) is 17.8 Å². The molecule has 1 aromatic heterocycles. The summed E-state index contributed by atoms with van der Waals surface area (Å²) in [6, 6.07) is 1.37. The average molecular weight is 242 g/mol. The molecule has 1 aromatic rings. The van der Waals surface area contributed by atoms with Gasteiger partial charge in [0.05, 0.1) is 12.3 Å². The third-order valence-electron chi connectivity index (χ3n) is 2.25. The Labute approximate surface area is 94.7 Å². The van der Waals surface area contributed by atoms with Gasteiger partial charge in [-0.05, 0) is 13.3 Å². The SMILES string of the molecule is CCC(C#N)S(=O)(=O)NC(C)c1cn[nH]c1. The molecule has 16 heavy (non-hydrogen) atoms. The Bertz CT molecular complexity index is 460. The third-order valence-corrected chi connectivity index (χ3v) is 4.12. The molecule has 2 N–H and O–H groups in total. The smallest absolute Gasteiger partial charge is 0.228 e. The molecule has 1 heterocycles. The quantitative estimate of drug-likeness (QED) is 0.793. The van der Waals surface area contributed by atoms with Crippen molar-refractivity contribution in [3.05, 3.63) is 18.0 Å². The van der Waals surface area contributed by atoms with Crippen LogP contribution in [-0.2, 0) is 10.0 Å². The first-order valence-electron chi connectivity index (χ1n) is 4.90. The Morgan fingerprint density at radius 3 is 2.81 bits per heavy atom. The zero-order chi connectivity index (χ0) is 12.2. The topological polar surface area (TPSA) is 98.6 Å². The standard InChI is InChI=1S/C9H14N4O2S/c1-3-9(4-10)16(14,15)13-7(2)8-5-11-12-6-8/h5-7,9,13H,3H2,1-2H3,(H,11,12). The lowest BCUT2D eigenvalue weighted by atomic mass is 10.2. The fourth-order valence-corrected chi connectivity index (χ4v) is 2.65. The van der Waals surface area contributed by atoms with Crippen LogP contribution in [0.25, 0.3) is 0 Å². The molecule has 0 aromatic carbocycles. The Hall–Kier alpha value is -1.39. The van der Waals surface area contributed by atoms with Gasteiger partial charge in [-0.3, -0.25) is 5.10 Å². The van der Waals surface area contributed by atoms with Crippen LogP contribution in [0.2, 0.25) is 0 Å². The van der Waals surface area contributed by atoms with E-state index >= 15 is 0 Å². The van der Waals surface area contributed by atoms with Crippen LogP contribution in [0.1, 0.15) is 31.9 Å². The number of nitriles is 1. The average Bonchev–Trinajstić information content (AvgIpc) is 2.70. The van der Waals surface area contributed by atoms with Crippen molar-refractivity contribution in [1.82, 2.24) is 14.9 Å². The van der Waals surface area contributed by atoms with Gasteiger partial charge in [0.25, 0.3) is 0 Å². The highest BCUT2D eigenvalue weighted by Crippen LogP contribution is 2.13. The molecule has 0 aliphatic carbocycles. The minimum Gasteiger partial charge on any atom is -0.285 e. The highest BCUT2D eigenvalue weighted by Gasteiger charge is 2.25. The fourth-order valence-electron chi connectivity index (χ4n) is 1.27. The van der Waals surface area contributed by atoms with Gasteiger partial charge in [-0.2, -0.15) is 10.4 Å². The molecular weight excluding hydrogens is 228 g/mol. The Morgan fingerprint density at radius 2 is 2.38 bits per heavy atom. The van der Waals surface area contributed by atoms with Gasteiger partial charge in [0.2, 0.25) is 10.0 Å². The van der Waals surface area contributed by atoms with Gasteiger partial charge in [-0.1, -0.05) is 6.92 Å². The number of hydrogen-bond donors (Lipinski definition) is 2. The van der Waals surface area contributed by atoms with E-state index in [1.165, 1.54) is 0 Å². The summed E-state index contributed by atoms with van der Waals surface area (Å²) in [6.07, 6.45) is 3.42. The minimum absolute atomic E-state index is 0.268. The zero-order valence-electron chi connectivity index (χ0n) is 9.14. The second kappa shape index (κ2) is 5.09. The molecule has 88 valence electrons. The molecule has 1 rings (SSSR count). The number of aromatic nitrogens is 2. The summed E-state index contributed by atoms with van der Waals surface area (Å²) in [5.41, 5.74) is 0.733. The van der Waals surface area contributed by atoms with Crippen LogP contribution in [0.5, 0.6) is 0 Å². The number of sulfonamides is 1.